The summed E-state index contributed by atoms with van der Waals surface area (Å²) in [6, 6.07) is 13.6. The number of carbonyl (C=O) groups excluding carboxylic acids is 1. The van der Waals surface area contributed by atoms with E-state index in [1.54, 1.807) is 6.08 Å². The summed E-state index contributed by atoms with van der Waals surface area (Å²) in [5.41, 5.74) is 5.02. The lowest BCUT2D eigenvalue weighted by atomic mass is 10.1. The predicted octanol–water partition coefficient (Wildman–Crippen LogP) is 1.90. The van der Waals surface area contributed by atoms with Crippen LogP contribution in [0.25, 0.3) is 10.8 Å². The smallest absolute Gasteiger partial charge is 0.276 e. The zero-order valence-corrected chi connectivity index (χ0v) is 12.8. The number of fused-ring (bicyclic) bond motifs is 1. The number of carbonyl (C=O) groups is 1. The molecule has 0 aromatic heterocycles. The van der Waals surface area contributed by atoms with Crippen molar-refractivity contribution in [3.8, 4) is 5.75 Å². The monoisotopic (exact) mass is 315 g/mol. The Morgan fingerprint density at radius 3 is 2.73 bits per heavy atom. The molecule has 2 aromatic carbocycles. The molecule has 0 aliphatic heterocycles. The van der Waals surface area contributed by atoms with Crippen LogP contribution < -0.4 is 20.9 Å². The van der Waals surface area contributed by atoms with Crippen molar-refractivity contribution in [3.63, 3.8) is 0 Å². The molecule has 5 nitrogen and oxygen atoms in total. The highest BCUT2D eigenvalue weighted by atomic mass is 32.1. The minimum Gasteiger partial charge on any atom is -0.484 e. The number of thiocarbonyl (C=S) groups is 1. The van der Waals surface area contributed by atoms with Crippen LogP contribution >= 0.6 is 12.2 Å². The number of ether oxygens (including phenoxy) is 1. The third-order valence-corrected chi connectivity index (χ3v) is 3.06. The Balaban J connectivity index is 1.79. The highest BCUT2D eigenvalue weighted by Gasteiger charge is 2.04. The summed E-state index contributed by atoms with van der Waals surface area (Å²) in [6.07, 6.45) is 1.67. The molecule has 0 bridgehead atoms. The zero-order chi connectivity index (χ0) is 15.8. The van der Waals surface area contributed by atoms with E-state index < -0.39 is 0 Å². The molecular formula is C16H17N3O2S. The second kappa shape index (κ2) is 7.99. The van der Waals surface area contributed by atoms with Crippen LogP contribution in [0.5, 0.6) is 5.75 Å². The maximum absolute atomic E-state index is 11.7. The van der Waals surface area contributed by atoms with Crippen molar-refractivity contribution in [1.82, 2.24) is 16.2 Å². The van der Waals surface area contributed by atoms with Gasteiger partial charge in [0.25, 0.3) is 5.91 Å². The van der Waals surface area contributed by atoms with Gasteiger partial charge in [0.2, 0.25) is 0 Å². The Hall–Kier alpha value is -2.60. The first kappa shape index (κ1) is 15.8. The summed E-state index contributed by atoms with van der Waals surface area (Å²) < 4.78 is 5.46. The lowest BCUT2D eigenvalue weighted by Crippen LogP contribution is -2.48. The Morgan fingerprint density at radius 2 is 1.95 bits per heavy atom. The van der Waals surface area contributed by atoms with E-state index in [9.17, 15) is 4.79 Å². The highest BCUT2D eigenvalue weighted by Crippen LogP contribution is 2.20. The summed E-state index contributed by atoms with van der Waals surface area (Å²) in [5.74, 6) is 0.317. The zero-order valence-electron chi connectivity index (χ0n) is 12.0. The predicted molar refractivity (Wildman–Crippen MR) is 91.5 cm³/mol. The van der Waals surface area contributed by atoms with E-state index in [4.69, 9.17) is 17.0 Å². The molecule has 0 atom stereocenters. The first-order chi connectivity index (χ1) is 10.7. The molecule has 0 radical (unpaired) electrons. The van der Waals surface area contributed by atoms with E-state index >= 15 is 0 Å². The quantitative estimate of drug-likeness (QED) is 0.447. The summed E-state index contributed by atoms with van der Waals surface area (Å²) in [7, 11) is 0. The maximum Gasteiger partial charge on any atom is 0.276 e. The molecule has 6 heteroatoms. The average Bonchev–Trinajstić information content (AvgIpc) is 2.56. The van der Waals surface area contributed by atoms with Gasteiger partial charge in [-0.1, -0.05) is 36.4 Å². The Morgan fingerprint density at radius 1 is 1.18 bits per heavy atom. The molecule has 0 heterocycles. The normalized spacial score (nSPS) is 9.82. The first-order valence-electron chi connectivity index (χ1n) is 6.74. The molecule has 0 fully saturated rings. The van der Waals surface area contributed by atoms with E-state index in [1.165, 1.54) is 0 Å². The lowest BCUT2D eigenvalue weighted by molar-refractivity contribution is -0.123. The lowest BCUT2D eigenvalue weighted by Gasteiger charge is -2.11. The van der Waals surface area contributed by atoms with Crippen LogP contribution in [0.1, 0.15) is 0 Å². The highest BCUT2D eigenvalue weighted by molar-refractivity contribution is 7.80. The van der Waals surface area contributed by atoms with Crippen LogP contribution in [0.2, 0.25) is 0 Å². The fraction of sp³-hybridized carbons (Fsp3) is 0.125. The van der Waals surface area contributed by atoms with Gasteiger partial charge in [-0.3, -0.25) is 15.6 Å². The molecule has 0 spiro atoms. The SMILES string of the molecule is C=CCNC(=S)NNC(=O)COc1ccc2ccccc2c1. The third-order valence-electron chi connectivity index (χ3n) is 2.81. The molecule has 1 amide bonds. The summed E-state index contributed by atoms with van der Waals surface area (Å²) in [4.78, 5) is 11.7. The van der Waals surface area contributed by atoms with Gasteiger partial charge in [-0.15, -0.1) is 6.58 Å². The molecule has 22 heavy (non-hydrogen) atoms. The molecule has 0 saturated heterocycles. The van der Waals surface area contributed by atoms with E-state index in [1.807, 2.05) is 42.5 Å². The van der Waals surface area contributed by atoms with E-state index in [0.717, 1.165) is 10.8 Å². The molecule has 114 valence electrons. The summed E-state index contributed by atoms with van der Waals surface area (Å²) >= 11 is 4.94. The number of nitrogens with one attached hydrogen (secondary N) is 3. The van der Waals surface area contributed by atoms with Crippen molar-refractivity contribution in [1.29, 1.82) is 0 Å². The number of benzene rings is 2. The van der Waals surface area contributed by atoms with Crippen LogP contribution in [0.4, 0.5) is 0 Å². The van der Waals surface area contributed by atoms with Gasteiger partial charge in [0, 0.05) is 6.54 Å². The van der Waals surface area contributed by atoms with Crippen LogP contribution in [-0.2, 0) is 4.79 Å². The Kier molecular flexibility index (Phi) is 5.73. The van der Waals surface area contributed by atoms with Crippen molar-refractivity contribution in [2.24, 2.45) is 0 Å². The second-order valence-corrected chi connectivity index (χ2v) is 4.88. The van der Waals surface area contributed by atoms with Gasteiger partial charge in [0.05, 0.1) is 0 Å². The summed E-state index contributed by atoms with van der Waals surface area (Å²) in [6.45, 7) is 3.98. The van der Waals surface area contributed by atoms with Crippen molar-refractivity contribution >= 4 is 34.0 Å². The van der Waals surface area contributed by atoms with E-state index in [0.29, 0.717) is 17.4 Å². The van der Waals surface area contributed by atoms with Gasteiger partial charge in [-0.05, 0) is 35.1 Å². The summed E-state index contributed by atoms with van der Waals surface area (Å²) in [5, 5.41) is 5.33. The van der Waals surface area contributed by atoms with Gasteiger partial charge in [-0.25, -0.2) is 0 Å². The molecule has 3 N–H and O–H groups in total. The van der Waals surface area contributed by atoms with Gasteiger partial charge in [0.1, 0.15) is 5.75 Å². The topological polar surface area (TPSA) is 62.4 Å². The third kappa shape index (κ3) is 4.75. The average molecular weight is 315 g/mol. The minimum atomic E-state index is -0.323. The first-order valence-corrected chi connectivity index (χ1v) is 7.15. The van der Waals surface area contributed by atoms with Crippen LogP contribution in [0.3, 0.4) is 0 Å². The standard InChI is InChI=1S/C16H17N3O2S/c1-2-9-17-16(22)19-18-15(20)11-21-14-8-7-12-5-3-4-6-13(12)10-14/h2-8,10H,1,9,11H2,(H,18,20)(H2,17,19,22). The van der Waals surface area contributed by atoms with Gasteiger partial charge in [-0.2, -0.15) is 0 Å². The Bertz CT molecular complexity index is 688. The van der Waals surface area contributed by atoms with Crippen LogP contribution in [-0.4, -0.2) is 24.2 Å². The van der Waals surface area contributed by atoms with Crippen LogP contribution in [0.15, 0.2) is 55.1 Å². The number of hydrogen-bond donors (Lipinski definition) is 3. The van der Waals surface area contributed by atoms with Crippen molar-refractivity contribution in [2.45, 2.75) is 0 Å². The molecule has 2 aromatic rings. The van der Waals surface area contributed by atoms with Gasteiger partial charge < -0.3 is 10.1 Å². The molecule has 0 saturated carbocycles. The van der Waals surface area contributed by atoms with Crippen molar-refractivity contribution in [3.05, 3.63) is 55.1 Å². The Labute approximate surface area is 134 Å². The maximum atomic E-state index is 11.7. The van der Waals surface area contributed by atoms with Crippen LogP contribution in [0, 0.1) is 0 Å². The van der Waals surface area contributed by atoms with Gasteiger partial charge in [0.15, 0.2) is 11.7 Å². The number of hydrazine groups is 1. The largest absolute Gasteiger partial charge is 0.484 e. The fourth-order valence-corrected chi connectivity index (χ4v) is 1.91. The second-order valence-electron chi connectivity index (χ2n) is 4.47. The van der Waals surface area contributed by atoms with E-state index in [-0.39, 0.29) is 12.5 Å². The molecule has 2 rings (SSSR count). The number of hydrogen-bond acceptors (Lipinski definition) is 3. The van der Waals surface area contributed by atoms with Crippen molar-refractivity contribution < 1.29 is 9.53 Å². The number of amides is 1. The van der Waals surface area contributed by atoms with Crippen molar-refractivity contribution in [2.75, 3.05) is 13.2 Å². The van der Waals surface area contributed by atoms with E-state index in [2.05, 4.69) is 22.7 Å². The molecular weight excluding hydrogens is 298 g/mol. The minimum absolute atomic E-state index is 0.102. The fourth-order valence-electron chi connectivity index (χ4n) is 1.78. The molecule has 0 aliphatic carbocycles. The molecule has 0 aliphatic rings. The number of rotatable bonds is 5. The van der Waals surface area contributed by atoms with Gasteiger partial charge >= 0.3 is 0 Å². The molecule has 0 unspecified atom stereocenters.